The molecule has 1 aromatic heterocycles. The minimum absolute atomic E-state index is 0.000106. The fraction of sp³-hybridized carbons (Fsp3) is 0.148. The molecule has 0 bridgehead atoms. The number of amides is 2. The normalized spacial score (nSPS) is 11.4. The van der Waals surface area contributed by atoms with Crippen molar-refractivity contribution in [1.29, 1.82) is 0 Å². The minimum Gasteiger partial charge on any atom is -0.378 e. The summed E-state index contributed by atoms with van der Waals surface area (Å²) in [6.45, 7) is 2.05. The maximum Gasteiger partial charge on any atom is 0.332 e. The van der Waals surface area contributed by atoms with E-state index in [0.29, 0.717) is 23.1 Å². The Morgan fingerprint density at radius 2 is 1.53 bits per heavy atom. The third-order valence-electron chi connectivity index (χ3n) is 5.35. The Hall–Kier alpha value is -4.39. The van der Waals surface area contributed by atoms with Crippen LogP contribution < -0.4 is 20.4 Å². The predicted octanol–water partition coefficient (Wildman–Crippen LogP) is 6.09. The van der Waals surface area contributed by atoms with Gasteiger partial charge in [0.05, 0.1) is 11.7 Å². The van der Waals surface area contributed by atoms with Crippen molar-refractivity contribution in [3.05, 3.63) is 103 Å². The predicted molar refractivity (Wildman–Crippen MR) is 139 cm³/mol. The zero-order valence-corrected chi connectivity index (χ0v) is 19.5. The van der Waals surface area contributed by atoms with Gasteiger partial charge in [-0.25, -0.2) is 14.7 Å². The van der Waals surface area contributed by atoms with Gasteiger partial charge in [0, 0.05) is 37.7 Å². The van der Waals surface area contributed by atoms with Gasteiger partial charge in [-0.3, -0.25) is 0 Å². The Morgan fingerprint density at radius 3 is 2.24 bits per heavy atom. The number of carbonyl (C=O) groups is 1. The van der Waals surface area contributed by atoms with E-state index < -0.39 is 0 Å². The molecule has 0 spiro atoms. The molecule has 0 fully saturated rings. The van der Waals surface area contributed by atoms with Crippen molar-refractivity contribution in [3.8, 4) is 0 Å². The van der Waals surface area contributed by atoms with Gasteiger partial charge in [0.25, 0.3) is 0 Å². The number of benzene rings is 3. The van der Waals surface area contributed by atoms with Crippen LogP contribution in [0, 0.1) is 0 Å². The molecule has 1 atom stereocenters. The van der Waals surface area contributed by atoms with Gasteiger partial charge in [0.2, 0.25) is 5.95 Å². The summed E-state index contributed by atoms with van der Waals surface area (Å²) in [5.74, 6) is 0.900. The third kappa shape index (κ3) is 5.50. The summed E-state index contributed by atoms with van der Waals surface area (Å²) in [6.07, 6.45) is 1.65. The van der Waals surface area contributed by atoms with E-state index in [-0.39, 0.29) is 12.1 Å². The van der Waals surface area contributed by atoms with Gasteiger partial charge >= 0.3 is 6.03 Å². The second-order valence-corrected chi connectivity index (χ2v) is 8.06. The third-order valence-corrected chi connectivity index (χ3v) is 5.35. The van der Waals surface area contributed by atoms with E-state index in [1.54, 1.807) is 17.2 Å². The van der Waals surface area contributed by atoms with Crippen molar-refractivity contribution in [1.82, 2.24) is 9.97 Å². The molecular formula is C27H28N6O. The van der Waals surface area contributed by atoms with Crippen LogP contribution in [0.2, 0.25) is 0 Å². The maximum absolute atomic E-state index is 13.5. The molecule has 2 N–H and O–H groups in total. The second kappa shape index (κ2) is 10.5. The van der Waals surface area contributed by atoms with Gasteiger partial charge in [0.15, 0.2) is 0 Å². The molecule has 7 heteroatoms. The van der Waals surface area contributed by atoms with Gasteiger partial charge < -0.3 is 15.5 Å². The SMILES string of the molecule is C[C@H](Nc1nccc(N(C(=O)Nc2ccccc2)c2cccc(N(C)C)c2)n1)c1ccccc1. The molecular weight excluding hydrogens is 424 g/mol. The lowest BCUT2D eigenvalue weighted by molar-refractivity contribution is 0.259. The Morgan fingerprint density at radius 1 is 0.853 bits per heavy atom. The number of anilines is 5. The summed E-state index contributed by atoms with van der Waals surface area (Å²) in [6, 6.07) is 28.6. The van der Waals surface area contributed by atoms with Crippen LogP contribution in [-0.2, 0) is 0 Å². The number of urea groups is 1. The van der Waals surface area contributed by atoms with Crippen LogP contribution in [0.4, 0.5) is 33.6 Å². The quantitative estimate of drug-likeness (QED) is 0.355. The standard InChI is InChI=1S/C27H28N6O/c1-20(21-11-6-4-7-12-21)29-26-28-18-17-25(31-26)33(24-16-10-15-23(19-24)32(2)3)27(34)30-22-13-8-5-9-14-22/h4-20H,1-3H3,(H,30,34)(H,28,29,31)/t20-/m0/s1. The molecule has 0 aliphatic carbocycles. The van der Waals surface area contributed by atoms with Gasteiger partial charge in [0.1, 0.15) is 5.82 Å². The first-order chi connectivity index (χ1) is 16.5. The van der Waals surface area contributed by atoms with Gasteiger partial charge in [-0.05, 0) is 42.8 Å². The molecule has 0 aliphatic heterocycles. The van der Waals surface area contributed by atoms with Crippen LogP contribution in [0.3, 0.4) is 0 Å². The summed E-state index contributed by atoms with van der Waals surface area (Å²) in [5.41, 5.74) is 3.49. The molecule has 0 unspecified atom stereocenters. The second-order valence-electron chi connectivity index (χ2n) is 8.06. The first kappa shape index (κ1) is 22.8. The van der Waals surface area contributed by atoms with Gasteiger partial charge in [-0.1, -0.05) is 54.6 Å². The molecule has 0 radical (unpaired) electrons. The highest BCUT2D eigenvalue weighted by Crippen LogP contribution is 2.29. The molecule has 7 nitrogen and oxygen atoms in total. The smallest absolute Gasteiger partial charge is 0.332 e. The van der Waals surface area contributed by atoms with Crippen LogP contribution in [-0.4, -0.2) is 30.1 Å². The first-order valence-corrected chi connectivity index (χ1v) is 11.1. The van der Waals surface area contributed by atoms with Gasteiger partial charge in [-0.15, -0.1) is 0 Å². The van der Waals surface area contributed by atoms with E-state index in [0.717, 1.165) is 11.3 Å². The zero-order chi connectivity index (χ0) is 23.9. The molecule has 0 saturated heterocycles. The maximum atomic E-state index is 13.5. The molecule has 0 aliphatic rings. The van der Waals surface area contributed by atoms with Gasteiger partial charge in [-0.2, -0.15) is 4.98 Å². The van der Waals surface area contributed by atoms with E-state index >= 15 is 0 Å². The largest absolute Gasteiger partial charge is 0.378 e. The Kier molecular flexibility index (Phi) is 7.03. The molecule has 2 amide bonds. The van der Waals surface area contributed by atoms with Crippen LogP contribution in [0.5, 0.6) is 0 Å². The van der Waals surface area contributed by atoms with Crippen LogP contribution in [0.1, 0.15) is 18.5 Å². The molecule has 4 rings (SSSR count). The first-order valence-electron chi connectivity index (χ1n) is 11.1. The van der Waals surface area contributed by atoms with Crippen LogP contribution in [0.15, 0.2) is 97.2 Å². The van der Waals surface area contributed by atoms with E-state index in [1.165, 1.54) is 0 Å². The Bertz CT molecular complexity index is 1230. The van der Waals surface area contributed by atoms with Crippen molar-refractivity contribution >= 4 is 34.9 Å². The molecule has 4 aromatic rings. The number of aromatic nitrogens is 2. The van der Waals surface area contributed by atoms with Crippen molar-refractivity contribution in [3.63, 3.8) is 0 Å². The minimum atomic E-state index is -0.317. The van der Waals surface area contributed by atoms with E-state index in [2.05, 4.69) is 20.6 Å². The summed E-state index contributed by atoms with van der Waals surface area (Å²) >= 11 is 0. The molecule has 0 saturated carbocycles. The summed E-state index contributed by atoms with van der Waals surface area (Å²) in [4.78, 5) is 26.1. The average Bonchev–Trinajstić information content (AvgIpc) is 2.86. The summed E-state index contributed by atoms with van der Waals surface area (Å²) < 4.78 is 0. The highest BCUT2D eigenvalue weighted by atomic mass is 16.2. The lowest BCUT2D eigenvalue weighted by Crippen LogP contribution is -2.32. The monoisotopic (exact) mass is 452 g/mol. The number of para-hydroxylation sites is 1. The molecule has 1 heterocycles. The average molecular weight is 453 g/mol. The van der Waals surface area contributed by atoms with E-state index in [9.17, 15) is 4.79 Å². The van der Waals surface area contributed by atoms with Crippen molar-refractivity contribution < 1.29 is 4.79 Å². The van der Waals surface area contributed by atoms with E-state index in [4.69, 9.17) is 0 Å². The zero-order valence-electron chi connectivity index (χ0n) is 19.5. The Balaban J connectivity index is 1.68. The van der Waals surface area contributed by atoms with Crippen molar-refractivity contribution in [2.45, 2.75) is 13.0 Å². The Labute approximate surface area is 200 Å². The fourth-order valence-corrected chi connectivity index (χ4v) is 3.53. The lowest BCUT2D eigenvalue weighted by Gasteiger charge is -2.24. The van der Waals surface area contributed by atoms with Crippen molar-refractivity contribution in [2.24, 2.45) is 0 Å². The fourth-order valence-electron chi connectivity index (χ4n) is 3.53. The van der Waals surface area contributed by atoms with E-state index in [1.807, 2.05) is 111 Å². The number of hydrogen-bond donors (Lipinski definition) is 2. The lowest BCUT2D eigenvalue weighted by atomic mass is 10.1. The topological polar surface area (TPSA) is 73.4 Å². The summed E-state index contributed by atoms with van der Waals surface area (Å²) in [5, 5.41) is 6.30. The highest BCUT2D eigenvalue weighted by molar-refractivity contribution is 6.06. The van der Waals surface area contributed by atoms with Crippen molar-refractivity contribution in [2.75, 3.05) is 34.5 Å². The number of carbonyl (C=O) groups excluding carboxylic acids is 1. The number of rotatable bonds is 7. The molecule has 3 aromatic carbocycles. The molecule has 34 heavy (non-hydrogen) atoms. The van der Waals surface area contributed by atoms with Crippen LogP contribution in [0.25, 0.3) is 0 Å². The summed E-state index contributed by atoms with van der Waals surface area (Å²) in [7, 11) is 3.93. The molecule has 172 valence electrons. The number of nitrogens with one attached hydrogen (secondary N) is 2. The van der Waals surface area contributed by atoms with Crippen LogP contribution >= 0.6 is 0 Å². The number of hydrogen-bond acceptors (Lipinski definition) is 5. The highest BCUT2D eigenvalue weighted by Gasteiger charge is 2.21. The number of nitrogens with zero attached hydrogens (tertiary/aromatic N) is 4.